The van der Waals surface area contributed by atoms with E-state index in [2.05, 4.69) is 4.72 Å². The first-order valence-corrected chi connectivity index (χ1v) is 8.74. The van der Waals surface area contributed by atoms with Crippen molar-refractivity contribution in [1.29, 1.82) is 5.26 Å². The Kier molecular flexibility index (Phi) is 4.92. The van der Waals surface area contributed by atoms with Gasteiger partial charge in [-0.2, -0.15) is 5.26 Å². The van der Waals surface area contributed by atoms with Crippen LogP contribution in [0.5, 0.6) is 0 Å². The second-order valence-corrected chi connectivity index (χ2v) is 7.24. The van der Waals surface area contributed by atoms with Crippen molar-refractivity contribution in [2.24, 2.45) is 0 Å². The summed E-state index contributed by atoms with van der Waals surface area (Å²) in [6.07, 6.45) is 0. The Labute approximate surface area is 137 Å². The van der Waals surface area contributed by atoms with Crippen molar-refractivity contribution in [3.05, 3.63) is 59.2 Å². The maximum absolute atomic E-state index is 12.4. The Hall–Kier alpha value is -2.52. The minimum Gasteiger partial charge on any atom is -0.377 e. The summed E-state index contributed by atoms with van der Waals surface area (Å²) in [5, 5.41) is 8.77. The number of benzene rings is 2. The molecule has 0 aromatic heterocycles. The molecule has 5 nitrogen and oxygen atoms in total. The molecule has 0 amide bonds. The minimum absolute atomic E-state index is 0.135. The van der Waals surface area contributed by atoms with Gasteiger partial charge in [0.1, 0.15) is 0 Å². The molecular weight excluding hydrogens is 310 g/mol. The zero-order valence-electron chi connectivity index (χ0n) is 13.4. The van der Waals surface area contributed by atoms with Crippen LogP contribution in [0.3, 0.4) is 0 Å². The van der Waals surface area contributed by atoms with Crippen LogP contribution in [0.2, 0.25) is 0 Å². The third-order valence-electron chi connectivity index (χ3n) is 3.49. The van der Waals surface area contributed by atoms with Gasteiger partial charge >= 0.3 is 0 Å². The molecule has 0 bridgehead atoms. The van der Waals surface area contributed by atoms with E-state index >= 15 is 0 Å². The highest BCUT2D eigenvalue weighted by Crippen LogP contribution is 2.26. The number of anilines is 2. The molecule has 0 unspecified atom stereocenters. The Morgan fingerprint density at radius 3 is 2.35 bits per heavy atom. The van der Waals surface area contributed by atoms with Crippen molar-refractivity contribution in [1.82, 2.24) is 0 Å². The molecule has 120 valence electrons. The first kappa shape index (κ1) is 16.8. The van der Waals surface area contributed by atoms with Crippen LogP contribution in [0, 0.1) is 18.3 Å². The lowest BCUT2D eigenvalue weighted by molar-refractivity contribution is 0.600. The molecule has 2 aromatic carbocycles. The molecule has 0 aliphatic rings. The number of hydrogen-bond acceptors (Lipinski definition) is 4. The van der Waals surface area contributed by atoms with Crippen LogP contribution in [-0.4, -0.2) is 22.5 Å². The van der Waals surface area contributed by atoms with Gasteiger partial charge in [0.05, 0.1) is 23.1 Å². The third kappa shape index (κ3) is 4.24. The SMILES string of the molecule is Cc1c(NS(=O)(=O)Cc2ccc(C#N)cc2)cccc1N(C)C. The largest absolute Gasteiger partial charge is 0.377 e. The van der Waals surface area contributed by atoms with Crippen LogP contribution in [0.4, 0.5) is 11.4 Å². The lowest BCUT2D eigenvalue weighted by Gasteiger charge is -2.19. The average molecular weight is 329 g/mol. The van der Waals surface area contributed by atoms with Crippen molar-refractivity contribution in [3.63, 3.8) is 0 Å². The highest BCUT2D eigenvalue weighted by Gasteiger charge is 2.14. The van der Waals surface area contributed by atoms with Crippen molar-refractivity contribution < 1.29 is 8.42 Å². The smallest absolute Gasteiger partial charge is 0.236 e. The van der Waals surface area contributed by atoms with E-state index in [0.717, 1.165) is 11.3 Å². The van der Waals surface area contributed by atoms with Gasteiger partial charge in [-0.1, -0.05) is 18.2 Å². The van der Waals surface area contributed by atoms with E-state index < -0.39 is 10.0 Å². The zero-order valence-corrected chi connectivity index (χ0v) is 14.2. The van der Waals surface area contributed by atoms with Crippen LogP contribution in [0.15, 0.2) is 42.5 Å². The van der Waals surface area contributed by atoms with Crippen molar-refractivity contribution in [2.75, 3.05) is 23.7 Å². The monoisotopic (exact) mass is 329 g/mol. The van der Waals surface area contributed by atoms with E-state index in [9.17, 15) is 8.42 Å². The third-order valence-corrected chi connectivity index (χ3v) is 4.74. The summed E-state index contributed by atoms with van der Waals surface area (Å²) < 4.78 is 27.4. The number of nitrogens with zero attached hydrogens (tertiary/aromatic N) is 2. The molecule has 0 aliphatic heterocycles. The summed E-state index contributed by atoms with van der Waals surface area (Å²) in [7, 11) is 0.304. The number of nitriles is 1. The van der Waals surface area contributed by atoms with Gasteiger partial charge in [-0.15, -0.1) is 0 Å². The first-order chi connectivity index (χ1) is 10.8. The molecule has 2 rings (SSSR count). The van der Waals surface area contributed by atoms with E-state index in [-0.39, 0.29) is 5.75 Å². The van der Waals surface area contributed by atoms with Gasteiger partial charge in [0.2, 0.25) is 10.0 Å². The molecule has 0 radical (unpaired) electrons. The molecule has 0 spiro atoms. The predicted octanol–water partition coefficient (Wildman–Crippen LogP) is 2.87. The Morgan fingerprint density at radius 2 is 1.78 bits per heavy atom. The molecule has 6 heteroatoms. The number of rotatable bonds is 5. The fourth-order valence-corrected chi connectivity index (χ4v) is 3.58. The van der Waals surface area contributed by atoms with E-state index in [4.69, 9.17) is 5.26 Å². The van der Waals surface area contributed by atoms with Crippen molar-refractivity contribution in [3.8, 4) is 6.07 Å². The van der Waals surface area contributed by atoms with Gasteiger partial charge in [0, 0.05) is 19.8 Å². The number of nitrogens with one attached hydrogen (secondary N) is 1. The molecule has 0 fully saturated rings. The predicted molar refractivity (Wildman–Crippen MR) is 92.9 cm³/mol. The lowest BCUT2D eigenvalue weighted by Crippen LogP contribution is -2.17. The minimum atomic E-state index is -3.52. The second kappa shape index (κ2) is 6.71. The zero-order chi connectivity index (χ0) is 17.0. The summed E-state index contributed by atoms with van der Waals surface area (Å²) in [5.41, 5.74) is 3.56. The Bertz CT molecular complexity index is 835. The van der Waals surface area contributed by atoms with E-state index in [0.29, 0.717) is 16.8 Å². The van der Waals surface area contributed by atoms with Gasteiger partial charge in [-0.25, -0.2) is 8.42 Å². The summed E-state index contributed by atoms with van der Waals surface area (Å²) in [6.45, 7) is 1.88. The number of sulfonamides is 1. The molecule has 0 aliphatic carbocycles. The maximum atomic E-state index is 12.4. The fourth-order valence-electron chi connectivity index (χ4n) is 2.32. The summed E-state index contributed by atoms with van der Waals surface area (Å²) in [4.78, 5) is 1.94. The molecular formula is C17H19N3O2S. The Balaban J connectivity index is 2.21. The van der Waals surface area contributed by atoms with Gasteiger partial charge < -0.3 is 4.90 Å². The topological polar surface area (TPSA) is 73.2 Å². The highest BCUT2D eigenvalue weighted by atomic mass is 32.2. The molecule has 1 N–H and O–H groups in total. The van der Waals surface area contributed by atoms with Crippen LogP contribution < -0.4 is 9.62 Å². The molecule has 0 atom stereocenters. The average Bonchev–Trinajstić information content (AvgIpc) is 2.49. The summed E-state index contributed by atoms with van der Waals surface area (Å²) in [5.74, 6) is -0.135. The second-order valence-electron chi connectivity index (χ2n) is 5.51. The van der Waals surface area contributed by atoms with Gasteiger partial charge in [0.25, 0.3) is 0 Å². The normalized spacial score (nSPS) is 10.9. The maximum Gasteiger partial charge on any atom is 0.236 e. The van der Waals surface area contributed by atoms with Gasteiger partial charge in [-0.3, -0.25) is 4.72 Å². The molecule has 0 saturated heterocycles. The van der Waals surface area contributed by atoms with E-state index in [1.54, 1.807) is 30.3 Å². The van der Waals surface area contributed by atoms with Crippen LogP contribution in [0.25, 0.3) is 0 Å². The van der Waals surface area contributed by atoms with E-state index in [1.807, 2.05) is 44.1 Å². The number of hydrogen-bond donors (Lipinski definition) is 1. The lowest BCUT2D eigenvalue weighted by atomic mass is 10.1. The van der Waals surface area contributed by atoms with Crippen LogP contribution in [0.1, 0.15) is 16.7 Å². The fraction of sp³-hybridized carbons (Fsp3) is 0.235. The summed E-state index contributed by atoms with van der Waals surface area (Å²) >= 11 is 0. The first-order valence-electron chi connectivity index (χ1n) is 7.09. The van der Waals surface area contributed by atoms with Gasteiger partial charge in [0.15, 0.2) is 0 Å². The highest BCUT2D eigenvalue weighted by molar-refractivity contribution is 7.91. The quantitative estimate of drug-likeness (QED) is 0.915. The molecule has 2 aromatic rings. The van der Waals surface area contributed by atoms with Crippen LogP contribution in [-0.2, 0) is 15.8 Å². The molecule has 0 heterocycles. The van der Waals surface area contributed by atoms with E-state index in [1.165, 1.54) is 0 Å². The van der Waals surface area contributed by atoms with Crippen molar-refractivity contribution in [2.45, 2.75) is 12.7 Å². The standard InChI is InChI=1S/C17H19N3O2S/c1-13-16(5-4-6-17(13)20(2)3)19-23(21,22)12-15-9-7-14(11-18)8-10-15/h4-10,19H,12H2,1-3H3. The van der Waals surface area contributed by atoms with Crippen LogP contribution >= 0.6 is 0 Å². The van der Waals surface area contributed by atoms with Gasteiger partial charge in [-0.05, 0) is 42.3 Å². The van der Waals surface area contributed by atoms with Crippen molar-refractivity contribution >= 4 is 21.4 Å². The molecule has 23 heavy (non-hydrogen) atoms. The Morgan fingerprint density at radius 1 is 1.13 bits per heavy atom. The summed E-state index contributed by atoms with van der Waals surface area (Å²) in [6, 6.07) is 14.1. The molecule has 0 saturated carbocycles.